The van der Waals surface area contributed by atoms with Gasteiger partial charge in [-0.25, -0.2) is 0 Å². The molecule has 0 fully saturated rings. The molecule has 1 heterocycles. The summed E-state index contributed by atoms with van der Waals surface area (Å²) in [5.41, 5.74) is 0. The van der Waals surface area contributed by atoms with E-state index in [0.29, 0.717) is 12.2 Å². The summed E-state index contributed by atoms with van der Waals surface area (Å²) in [4.78, 5) is 38.9. The van der Waals surface area contributed by atoms with Crippen molar-refractivity contribution in [2.45, 2.75) is 61.8 Å². The average Bonchev–Trinajstić information content (AvgIpc) is 2.89. The van der Waals surface area contributed by atoms with E-state index in [9.17, 15) is 14.4 Å². The van der Waals surface area contributed by atoms with Crippen LogP contribution in [0.5, 0.6) is 0 Å². The van der Waals surface area contributed by atoms with Crippen molar-refractivity contribution in [2.75, 3.05) is 7.11 Å². The molecule has 1 N–H and O–H groups in total. The summed E-state index contributed by atoms with van der Waals surface area (Å²) in [5, 5.41) is 2.61. The number of hydrogen-bond acceptors (Lipinski definition) is 4. The lowest BCUT2D eigenvalue weighted by molar-refractivity contribution is -0.146. The standard InChI is InChI=1S/C19H25Cl3N2O4/c1-5-6-7-16(25)23-13(8-9-19(20,21)22)18(27)24-14(10-12(2)3)15(28-4)11-17(24)26/h1,11-14H,6-10H2,2-4H3,(H,23,25)/t13-,14-/m1/s1. The predicted octanol–water partition coefficient (Wildman–Crippen LogP) is 3.35. The molecule has 1 aliphatic rings. The molecule has 1 rings (SSSR count). The molecule has 1 aliphatic heterocycles. The number of nitrogens with zero attached hydrogens (tertiary/aromatic N) is 1. The number of methoxy groups -OCH3 is 1. The van der Waals surface area contributed by atoms with E-state index < -0.39 is 33.6 Å². The van der Waals surface area contributed by atoms with Gasteiger partial charge in [-0.2, -0.15) is 0 Å². The number of carbonyl (C=O) groups excluding carboxylic acids is 3. The first-order valence-corrected chi connectivity index (χ1v) is 10.1. The van der Waals surface area contributed by atoms with E-state index in [0.717, 1.165) is 4.90 Å². The number of amides is 3. The Morgan fingerprint density at radius 1 is 1.39 bits per heavy atom. The highest BCUT2D eigenvalue weighted by Crippen LogP contribution is 2.33. The first-order chi connectivity index (χ1) is 13.0. The molecule has 28 heavy (non-hydrogen) atoms. The maximum absolute atomic E-state index is 13.2. The second kappa shape index (κ2) is 10.9. The van der Waals surface area contributed by atoms with Crippen LogP contribution < -0.4 is 5.32 Å². The van der Waals surface area contributed by atoms with Gasteiger partial charge in [-0.3, -0.25) is 19.3 Å². The molecule has 0 aromatic carbocycles. The van der Waals surface area contributed by atoms with Gasteiger partial charge in [0, 0.05) is 18.9 Å². The Hall–Kier alpha value is -1.42. The molecule has 0 aromatic heterocycles. The Balaban J connectivity index is 3.05. The summed E-state index contributed by atoms with van der Waals surface area (Å²) in [6.07, 6.45) is 7.34. The van der Waals surface area contributed by atoms with Crippen LogP contribution in [0.15, 0.2) is 11.8 Å². The minimum atomic E-state index is -1.59. The molecule has 0 radical (unpaired) electrons. The third-order valence-electron chi connectivity index (χ3n) is 4.16. The zero-order valence-corrected chi connectivity index (χ0v) is 18.4. The normalized spacial score (nSPS) is 17.9. The van der Waals surface area contributed by atoms with Crippen LogP contribution in [-0.2, 0) is 19.1 Å². The Bertz CT molecular complexity index is 665. The third-order valence-corrected chi connectivity index (χ3v) is 4.72. The molecule has 3 amide bonds. The van der Waals surface area contributed by atoms with E-state index in [1.54, 1.807) is 0 Å². The van der Waals surface area contributed by atoms with E-state index in [1.807, 2.05) is 13.8 Å². The van der Waals surface area contributed by atoms with Gasteiger partial charge in [0.25, 0.3) is 11.8 Å². The molecule has 0 spiro atoms. The van der Waals surface area contributed by atoms with Crippen molar-refractivity contribution in [3.8, 4) is 12.3 Å². The van der Waals surface area contributed by atoms with Crippen molar-refractivity contribution in [1.82, 2.24) is 10.2 Å². The Kier molecular flexibility index (Phi) is 9.62. The van der Waals surface area contributed by atoms with Gasteiger partial charge in [0.1, 0.15) is 11.8 Å². The molecule has 2 atom stereocenters. The number of nitrogens with one attached hydrogen (secondary N) is 1. The molecule has 0 saturated heterocycles. The number of carbonyl (C=O) groups is 3. The smallest absolute Gasteiger partial charge is 0.257 e. The van der Waals surface area contributed by atoms with Crippen LogP contribution in [0.25, 0.3) is 0 Å². The van der Waals surface area contributed by atoms with Crippen LogP contribution in [0.4, 0.5) is 0 Å². The van der Waals surface area contributed by atoms with Crippen molar-refractivity contribution in [1.29, 1.82) is 0 Å². The van der Waals surface area contributed by atoms with Gasteiger partial charge in [0.2, 0.25) is 5.91 Å². The summed E-state index contributed by atoms with van der Waals surface area (Å²) >= 11 is 17.4. The zero-order chi connectivity index (χ0) is 21.5. The van der Waals surface area contributed by atoms with Crippen molar-refractivity contribution in [2.24, 2.45) is 5.92 Å². The molecule has 156 valence electrons. The molecule has 0 saturated carbocycles. The third kappa shape index (κ3) is 7.54. The first-order valence-electron chi connectivity index (χ1n) is 8.92. The molecule has 0 unspecified atom stereocenters. The van der Waals surface area contributed by atoms with Crippen molar-refractivity contribution in [3.63, 3.8) is 0 Å². The molecule has 0 aliphatic carbocycles. The lowest BCUT2D eigenvalue weighted by atomic mass is 10.0. The summed E-state index contributed by atoms with van der Waals surface area (Å²) in [6, 6.07) is -1.56. The summed E-state index contributed by atoms with van der Waals surface area (Å²) in [5.74, 6) is 1.50. The number of alkyl halides is 3. The highest BCUT2D eigenvalue weighted by Gasteiger charge is 2.41. The fourth-order valence-electron chi connectivity index (χ4n) is 2.88. The second-order valence-corrected chi connectivity index (χ2v) is 9.44. The molecular formula is C19H25Cl3N2O4. The molecule has 9 heteroatoms. The van der Waals surface area contributed by atoms with E-state index >= 15 is 0 Å². The number of ether oxygens (including phenoxy) is 1. The SMILES string of the molecule is C#CCCC(=O)N[C@H](CCC(Cl)(Cl)Cl)C(=O)N1C(=O)C=C(OC)[C@H]1CC(C)C. The van der Waals surface area contributed by atoms with E-state index in [1.165, 1.54) is 13.2 Å². The van der Waals surface area contributed by atoms with Gasteiger partial charge < -0.3 is 10.1 Å². The van der Waals surface area contributed by atoms with Crippen molar-refractivity contribution < 1.29 is 19.1 Å². The highest BCUT2D eigenvalue weighted by molar-refractivity contribution is 6.67. The van der Waals surface area contributed by atoms with Gasteiger partial charge in [-0.1, -0.05) is 48.7 Å². The summed E-state index contributed by atoms with van der Waals surface area (Å²) in [6.45, 7) is 3.95. The molecule has 0 bridgehead atoms. The Morgan fingerprint density at radius 2 is 2.04 bits per heavy atom. The van der Waals surface area contributed by atoms with Crippen LogP contribution in [0.3, 0.4) is 0 Å². The lowest BCUT2D eigenvalue weighted by Gasteiger charge is -2.30. The summed E-state index contributed by atoms with van der Waals surface area (Å²) < 4.78 is 3.68. The largest absolute Gasteiger partial charge is 0.499 e. The molecule has 6 nitrogen and oxygen atoms in total. The van der Waals surface area contributed by atoms with Gasteiger partial charge in [0.15, 0.2) is 3.79 Å². The number of halogens is 3. The lowest BCUT2D eigenvalue weighted by Crippen LogP contribution is -2.52. The van der Waals surface area contributed by atoms with Gasteiger partial charge in [-0.05, 0) is 25.2 Å². The number of imide groups is 1. The Labute approximate surface area is 180 Å². The topological polar surface area (TPSA) is 75.7 Å². The van der Waals surface area contributed by atoms with Gasteiger partial charge >= 0.3 is 0 Å². The van der Waals surface area contributed by atoms with Crippen LogP contribution in [-0.4, -0.2) is 45.6 Å². The van der Waals surface area contributed by atoms with Crippen molar-refractivity contribution >= 4 is 52.5 Å². The fraction of sp³-hybridized carbons (Fsp3) is 0.632. The minimum absolute atomic E-state index is 0.0188. The maximum atomic E-state index is 13.2. The Morgan fingerprint density at radius 3 is 2.54 bits per heavy atom. The van der Waals surface area contributed by atoms with Crippen LogP contribution in [0, 0.1) is 18.3 Å². The predicted molar refractivity (Wildman–Crippen MR) is 110 cm³/mol. The molecule has 0 aromatic rings. The van der Waals surface area contributed by atoms with Crippen LogP contribution >= 0.6 is 34.8 Å². The van der Waals surface area contributed by atoms with E-state index in [4.69, 9.17) is 46.0 Å². The second-order valence-electron chi connectivity index (χ2n) is 6.92. The van der Waals surface area contributed by atoms with E-state index in [-0.39, 0.29) is 31.6 Å². The van der Waals surface area contributed by atoms with Crippen LogP contribution in [0.2, 0.25) is 0 Å². The quantitative estimate of drug-likeness (QED) is 0.431. The molecular weight excluding hydrogens is 427 g/mol. The van der Waals surface area contributed by atoms with E-state index in [2.05, 4.69) is 11.2 Å². The number of hydrogen-bond donors (Lipinski definition) is 1. The average molecular weight is 452 g/mol. The van der Waals surface area contributed by atoms with Crippen LogP contribution in [0.1, 0.15) is 46.0 Å². The number of terminal acetylenes is 1. The van der Waals surface area contributed by atoms with Crippen molar-refractivity contribution in [3.05, 3.63) is 11.8 Å². The first kappa shape index (κ1) is 24.6. The zero-order valence-electron chi connectivity index (χ0n) is 16.1. The van der Waals surface area contributed by atoms with Gasteiger partial charge in [-0.15, -0.1) is 12.3 Å². The highest BCUT2D eigenvalue weighted by atomic mass is 35.6. The fourth-order valence-corrected chi connectivity index (χ4v) is 3.21. The maximum Gasteiger partial charge on any atom is 0.257 e. The van der Waals surface area contributed by atoms with Gasteiger partial charge in [0.05, 0.1) is 13.2 Å². The minimum Gasteiger partial charge on any atom is -0.499 e. The monoisotopic (exact) mass is 450 g/mol. The number of rotatable bonds is 9. The summed E-state index contributed by atoms with van der Waals surface area (Å²) in [7, 11) is 1.45.